The second-order valence-electron chi connectivity index (χ2n) is 4.01. The monoisotopic (exact) mass is 225 g/mol. The van der Waals surface area contributed by atoms with Crippen LogP contribution in [0.1, 0.15) is 12.8 Å². The van der Waals surface area contributed by atoms with E-state index in [4.69, 9.17) is 5.73 Å². The molecule has 0 radical (unpaired) electrons. The number of aromatic nitrogens is 3. The number of hydrogen-bond donors (Lipinski definition) is 3. The number of anilines is 1. The average molecular weight is 225 g/mol. The zero-order valence-corrected chi connectivity index (χ0v) is 8.90. The summed E-state index contributed by atoms with van der Waals surface area (Å²) >= 11 is 0. The molecule has 1 saturated heterocycles. The Labute approximate surface area is 91.7 Å². The third-order valence-electron chi connectivity index (χ3n) is 2.85. The summed E-state index contributed by atoms with van der Waals surface area (Å²) < 4.78 is 0. The maximum atomic E-state index is 11.5. The van der Waals surface area contributed by atoms with Crippen molar-refractivity contribution < 1.29 is 0 Å². The summed E-state index contributed by atoms with van der Waals surface area (Å²) in [5.74, 6) is 0.803. The van der Waals surface area contributed by atoms with Crippen LogP contribution in [0.4, 0.5) is 5.82 Å². The molecule has 7 nitrogen and oxygen atoms in total. The van der Waals surface area contributed by atoms with Crippen LogP contribution in [0.5, 0.6) is 0 Å². The fraction of sp³-hybridized carbons (Fsp3) is 0.667. The van der Waals surface area contributed by atoms with Crippen molar-refractivity contribution >= 4 is 5.82 Å². The van der Waals surface area contributed by atoms with E-state index in [1.165, 1.54) is 0 Å². The summed E-state index contributed by atoms with van der Waals surface area (Å²) in [6.07, 6.45) is 1.97. The molecular weight excluding hydrogens is 210 g/mol. The smallest absolute Gasteiger partial charge is 0.342 e. The van der Waals surface area contributed by atoms with Crippen LogP contribution in [0.2, 0.25) is 0 Å². The molecule has 4 N–H and O–H groups in total. The van der Waals surface area contributed by atoms with Crippen LogP contribution in [-0.2, 0) is 0 Å². The fourth-order valence-electron chi connectivity index (χ4n) is 2.05. The quantitative estimate of drug-likeness (QED) is 0.588. The van der Waals surface area contributed by atoms with E-state index >= 15 is 0 Å². The van der Waals surface area contributed by atoms with E-state index in [0.29, 0.717) is 18.3 Å². The van der Waals surface area contributed by atoms with Gasteiger partial charge in [-0.05, 0) is 25.3 Å². The Kier molecular flexibility index (Phi) is 3.04. The normalized spacial score (nSPS) is 20.3. The lowest BCUT2D eigenvalue weighted by atomic mass is 10.1. The van der Waals surface area contributed by atoms with Gasteiger partial charge in [-0.3, -0.25) is 9.78 Å². The van der Waals surface area contributed by atoms with Crippen LogP contribution < -0.4 is 21.9 Å². The van der Waals surface area contributed by atoms with Crippen LogP contribution in [0, 0.1) is 5.92 Å². The predicted molar refractivity (Wildman–Crippen MR) is 59.5 cm³/mol. The average Bonchev–Trinajstić information content (AvgIpc) is 2.67. The molecule has 1 aromatic rings. The van der Waals surface area contributed by atoms with Crippen LogP contribution in [0.3, 0.4) is 0 Å². The zero-order chi connectivity index (χ0) is 11.5. The fourth-order valence-corrected chi connectivity index (χ4v) is 2.05. The van der Waals surface area contributed by atoms with Crippen molar-refractivity contribution in [3.63, 3.8) is 0 Å². The SMILES string of the molecule is NCCC1CCN(c2n[nH]c(=O)[nH]c2=O)C1. The van der Waals surface area contributed by atoms with Crippen LogP contribution >= 0.6 is 0 Å². The first-order valence-electron chi connectivity index (χ1n) is 5.34. The highest BCUT2D eigenvalue weighted by Gasteiger charge is 2.24. The van der Waals surface area contributed by atoms with E-state index in [1.807, 2.05) is 4.90 Å². The zero-order valence-electron chi connectivity index (χ0n) is 8.90. The van der Waals surface area contributed by atoms with Crippen LogP contribution in [0.25, 0.3) is 0 Å². The predicted octanol–water partition coefficient (Wildman–Crippen LogP) is -1.37. The van der Waals surface area contributed by atoms with Crippen molar-refractivity contribution in [2.24, 2.45) is 11.7 Å². The Bertz CT molecular complexity index is 465. The molecule has 0 saturated carbocycles. The van der Waals surface area contributed by atoms with Crippen molar-refractivity contribution in [1.82, 2.24) is 15.2 Å². The molecule has 2 rings (SSSR count). The molecule has 88 valence electrons. The Hall–Kier alpha value is -1.63. The van der Waals surface area contributed by atoms with Gasteiger partial charge < -0.3 is 10.6 Å². The molecule has 0 aromatic carbocycles. The largest absolute Gasteiger partial charge is 0.350 e. The number of nitrogens with one attached hydrogen (secondary N) is 2. The van der Waals surface area contributed by atoms with Gasteiger partial charge >= 0.3 is 5.69 Å². The van der Waals surface area contributed by atoms with Crippen molar-refractivity contribution in [2.75, 3.05) is 24.5 Å². The second-order valence-corrected chi connectivity index (χ2v) is 4.01. The highest BCUT2D eigenvalue weighted by atomic mass is 16.2. The molecule has 0 spiro atoms. The van der Waals surface area contributed by atoms with Crippen molar-refractivity contribution in [2.45, 2.75) is 12.8 Å². The number of nitrogens with zero attached hydrogens (tertiary/aromatic N) is 2. The third-order valence-corrected chi connectivity index (χ3v) is 2.85. The van der Waals surface area contributed by atoms with Crippen LogP contribution in [0.15, 0.2) is 9.59 Å². The van der Waals surface area contributed by atoms with Gasteiger partial charge in [0.25, 0.3) is 5.56 Å². The lowest BCUT2D eigenvalue weighted by molar-refractivity contribution is 0.545. The number of hydrogen-bond acceptors (Lipinski definition) is 5. The van der Waals surface area contributed by atoms with Crippen molar-refractivity contribution in [1.29, 1.82) is 0 Å². The van der Waals surface area contributed by atoms with E-state index in [9.17, 15) is 9.59 Å². The Morgan fingerprint density at radius 1 is 1.50 bits per heavy atom. The number of aromatic amines is 2. The minimum atomic E-state index is -0.577. The van der Waals surface area contributed by atoms with E-state index in [2.05, 4.69) is 15.2 Å². The van der Waals surface area contributed by atoms with Gasteiger partial charge in [0.15, 0.2) is 0 Å². The van der Waals surface area contributed by atoms with Gasteiger partial charge in [0.2, 0.25) is 5.82 Å². The summed E-state index contributed by atoms with van der Waals surface area (Å²) in [5.41, 5.74) is 4.48. The molecule has 1 fully saturated rings. The first-order chi connectivity index (χ1) is 7.70. The molecule has 16 heavy (non-hydrogen) atoms. The first-order valence-corrected chi connectivity index (χ1v) is 5.34. The lowest BCUT2D eigenvalue weighted by Gasteiger charge is -2.15. The van der Waals surface area contributed by atoms with Gasteiger partial charge in [0.05, 0.1) is 0 Å². The third kappa shape index (κ3) is 2.13. The van der Waals surface area contributed by atoms with Gasteiger partial charge in [0.1, 0.15) is 0 Å². The summed E-state index contributed by atoms with van der Waals surface area (Å²) in [6.45, 7) is 2.22. The van der Waals surface area contributed by atoms with E-state index < -0.39 is 11.2 Å². The summed E-state index contributed by atoms with van der Waals surface area (Å²) in [7, 11) is 0. The minimum absolute atomic E-state index is 0.291. The van der Waals surface area contributed by atoms with E-state index in [-0.39, 0.29) is 0 Å². The molecule has 1 aromatic heterocycles. The minimum Gasteiger partial charge on any atom is -0.350 e. The summed E-state index contributed by atoms with van der Waals surface area (Å²) in [5, 5.41) is 6.00. The molecule has 2 heterocycles. The number of rotatable bonds is 3. The molecule has 1 aliphatic rings. The van der Waals surface area contributed by atoms with E-state index in [0.717, 1.165) is 25.9 Å². The van der Waals surface area contributed by atoms with Gasteiger partial charge in [0, 0.05) is 13.1 Å². The molecule has 0 aliphatic carbocycles. The first kappa shape index (κ1) is 10.9. The number of nitrogens with two attached hydrogens (primary N) is 1. The van der Waals surface area contributed by atoms with Gasteiger partial charge in [-0.15, -0.1) is 5.10 Å². The van der Waals surface area contributed by atoms with Gasteiger partial charge in [-0.25, -0.2) is 9.89 Å². The van der Waals surface area contributed by atoms with Gasteiger partial charge in [-0.2, -0.15) is 0 Å². The molecule has 1 atom stereocenters. The maximum absolute atomic E-state index is 11.5. The van der Waals surface area contributed by atoms with Crippen LogP contribution in [-0.4, -0.2) is 34.8 Å². The molecule has 0 bridgehead atoms. The molecule has 7 heteroatoms. The Morgan fingerprint density at radius 3 is 3.00 bits per heavy atom. The molecular formula is C9H15N5O2. The molecule has 1 aliphatic heterocycles. The highest BCUT2D eigenvalue weighted by molar-refractivity contribution is 5.35. The summed E-state index contributed by atoms with van der Waals surface area (Å²) in [4.78, 5) is 26.4. The maximum Gasteiger partial charge on any atom is 0.342 e. The van der Waals surface area contributed by atoms with Crippen molar-refractivity contribution in [3.8, 4) is 0 Å². The van der Waals surface area contributed by atoms with Crippen molar-refractivity contribution in [3.05, 3.63) is 20.8 Å². The molecule has 0 amide bonds. The van der Waals surface area contributed by atoms with E-state index in [1.54, 1.807) is 0 Å². The number of H-pyrrole nitrogens is 2. The second kappa shape index (κ2) is 4.48. The molecule has 1 unspecified atom stereocenters. The Morgan fingerprint density at radius 2 is 2.31 bits per heavy atom. The Balaban J connectivity index is 2.14. The summed E-state index contributed by atoms with van der Waals surface area (Å²) in [6, 6.07) is 0. The topological polar surface area (TPSA) is 108 Å². The van der Waals surface area contributed by atoms with Gasteiger partial charge in [-0.1, -0.05) is 0 Å². The standard InChI is InChI=1S/C9H15N5O2/c10-3-1-6-2-4-14(5-6)7-8(15)11-9(16)13-12-7/h6H,1-5,10H2,(H2,11,13,15,16). The lowest BCUT2D eigenvalue weighted by Crippen LogP contribution is -2.33. The highest BCUT2D eigenvalue weighted by Crippen LogP contribution is 2.20.